The van der Waals surface area contributed by atoms with E-state index in [1.807, 2.05) is 0 Å². The van der Waals surface area contributed by atoms with E-state index in [0.717, 1.165) is 58.0 Å². The van der Waals surface area contributed by atoms with E-state index in [4.69, 9.17) is 0 Å². The first-order chi connectivity index (χ1) is 13.7. The lowest BCUT2D eigenvalue weighted by Gasteiger charge is -2.34. The predicted molar refractivity (Wildman–Crippen MR) is 110 cm³/mol. The normalized spacial score (nSPS) is 24.2. The van der Waals surface area contributed by atoms with Gasteiger partial charge in [0.15, 0.2) is 0 Å². The van der Waals surface area contributed by atoms with Gasteiger partial charge in [-0.25, -0.2) is 9.69 Å². The van der Waals surface area contributed by atoms with E-state index in [1.165, 1.54) is 29.7 Å². The molecule has 3 fully saturated rings. The van der Waals surface area contributed by atoms with E-state index in [0.29, 0.717) is 12.6 Å². The van der Waals surface area contributed by atoms with Crippen molar-refractivity contribution in [1.82, 2.24) is 15.1 Å². The quantitative estimate of drug-likeness (QED) is 0.802. The zero-order chi connectivity index (χ0) is 19.4. The Hall–Kier alpha value is -1.88. The molecule has 1 saturated carbocycles. The Bertz CT molecular complexity index is 674. The zero-order valence-corrected chi connectivity index (χ0v) is 16.9. The molecule has 1 aromatic rings. The number of nitrogens with zero attached hydrogens (tertiary/aromatic N) is 2. The first kappa shape index (κ1) is 19.4. The van der Waals surface area contributed by atoms with Gasteiger partial charge in [-0.05, 0) is 43.6 Å². The number of piperidine rings is 1. The molecule has 5 heteroatoms. The van der Waals surface area contributed by atoms with Crippen LogP contribution in [0.15, 0.2) is 30.3 Å². The van der Waals surface area contributed by atoms with Crippen LogP contribution in [0, 0.1) is 5.92 Å². The molecule has 0 unspecified atom stereocenters. The van der Waals surface area contributed by atoms with Crippen molar-refractivity contribution in [2.45, 2.75) is 69.7 Å². The average molecular weight is 384 g/mol. The summed E-state index contributed by atoms with van der Waals surface area (Å²) in [4.78, 5) is 29.5. The molecule has 1 aromatic carbocycles. The Morgan fingerprint density at radius 2 is 1.57 bits per heavy atom. The number of amides is 3. The van der Waals surface area contributed by atoms with Crippen molar-refractivity contribution in [2.75, 3.05) is 19.8 Å². The fourth-order valence-electron chi connectivity index (χ4n) is 5.13. The molecule has 1 aliphatic carbocycles. The number of likely N-dealkylation sites (tertiary alicyclic amines) is 1. The van der Waals surface area contributed by atoms with E-state index in [1.54, 1.807) is 0 Å². The maximum absolute atomic E-state index is 13.2. The summed E-state index contributed by atoms with van der Waals surface area (Å²) in [5, 5.41) is 3.08. The average Bonchev–Trinajstić information content (AvgIpc) is 2.92. The Balaban J connectivity index is 1.31. The molecule has 2 heterocycles. The lowest BCUT2D eigenvalue weighted by atomic mass is 9.84. The van der Waals surface area contributed by atoms with Crippen LogP contribution in [0.2, 0.25) is 0 Å². The van der Waals surface area contributed by atoms with Gasteiger partial charge in [-0.15, -0.1) is 0 Å². The molecule has 4 rings (SSSR count). The van der Waals surface area contributed by atoms with Gasteiger partial charge in [0.1, 0.15) is 5.54 Å². The third-order valence-electron chi connectivity index (χ3n) is 6.87. The standard InChI is InChI=1S/C23H33N3O2/c27-21-23(13-7-2-1-3-8-14-23)24-22(28)26(21)18-25-15-11-20(12-16-25)17-19-9-5-4-6-10-19/h4-6,9-10,20H,1-3,7-8,11-18H2,(H,24,28). The summed E-state index contributed by atoms with van der Waals surface area (Å²) < 4.78 is 0. The van der Waals surface area contributed by atoms with E-state index in [-0.39, 0.29) is 11.9 Å². The molecular weight excluding hydrogens is 350 g/mol. The molecule has 152 valence electrons. The smallest absolute Gasteiger partial charge is 0.323 e. The Morgan fingerprint density at radius 1 is 0.929 bits per heavy atom. The lowest BCUT2D eigenvalue weighted by molar-refractivity contribution is -0.133. The predicted octanol–water partition coefficient (Wildman–Crippen LogP) is 3.93. The topological polar surface area (TPSA) is 52.7 Å². The summed E-state index contributed by atoms with van der Waals surface area (Å²) in [6, 6.07) is 10.5. The van der Waals surface area contributed by atoms with Crippen LogP contribution in [-0.4, -0.2) is 47.0 Å². The maximum atomic E-state index is 13.2. The number of carbonyl (C=O) groups is 2. The number of hydrogen-bond donors (Lipinski definition) is 1. The summed E-state index contributed by atoms with van der Waals surface area (Å²) in [6.07, 6.45) is 10.6. The first-order valence-electron chi connectivity index (χ1n) is 11.1. The molecule has 3 aliphatic rings. The van der Waals surface area contributed by atoms with Gasteiger partial charge < -0.3 is 5.32 Å². The van der Waals surface area contributed by atoms with E-state index in [2.05, 4.69) is 40.5 Å². The molecule has 2 saturated heterocycles. The molecule has 1 spiro atoms. The van der Waals surface area contributed by atoms with Gasteiger partial charge >= 0.3 is 6.03 Å². The number of imide groups is 1. The molecule has 1 N–H and O–H groups in total. The van der Waals surface area contributed by atoms with Crippen molar-refractivity contribution >= 4 is 11.9 Å². The first-order valence-corrected chi connectivity index (χ1v) is 11.1. The number of rotatable bonds is 4. The third kappa shape index (κ3) is 4.24. The zero-order valence-electron chi connectivity index (χ0n) is 16.9. The van der Waals surface area contributed by atoms with Crippen LogP contribution in [0.4, 0.5) is 4.79 Å². The van der Waals surface area contributed by atoms with Crippen molar-refractivity contribution in [3.8, 4) is 0 Å². The van der Waals surface area contributed by atoms with Crippen molar-refractivity contribution in [3.63, 3.8) is 0 Å². The number of carbonyl (C=O) groups excluding carboxylic acids is 2. The molecular formula is C23H33N3O2. The van der Waals surface area contributed by atoms with Gasteiger partial charge in [-0.2, -0.15) is 0 Å². The monoisotopic (exact) mass is 383 g/mol. The largest absolute Gasteiger partial charge is 0.326 e. The van der Waals surface area contributed by atoms with Gasteiger partial charge in [-0.1, -0.05) is 62.4 Å². The Labute approximate surface area is 168 Å². The van der Waals surface area contributed by atoms with Gasteiger partial charge in [0.05, 0.1) is 6.67 Å². The second-order valence-corrected chi connectivity index (χ2v) is 8.91. The van der Waals surface area contributed by atoms with Gasteiger partial charge in [0.25, 0.3) is 5.91 Å². The van der Waals surface area contributed by atoms with Crippen LogP contribution >= 0.6 is 0 Å². The minimum Gasteiger partial charge on any atom is -0.323 e. The molecule has 0 bridgehead atoms. The second kappa shape index (κ2) is 8.64. The summed E-state index contributed by atoms with van der Waals surface area (Å²) in [5.74, 6) is 0.713. The molecule has 0 aromatic heterocycles. The highest BCUT2D eigenvalue weighted by molar-refractivity contribution is 6.07. The number of benzene rings is 1. The minimum atomic E-state index is -0.622. The highest BCUT2D eigenvalue weighted by atomic mass is 16.2. The summed E-state index contributed by atoms with van der Waals surface area (Å²) >= 11 is 0. The van der Waals surface area contributed by atoms with Crippen molar-refractivity contribution in [1.29, 1.82) is 0 Å². The van der Waals surface area contributed by atoms with E-state index >= 15 is 0 Å². The van der Waals surface area contributed by atoms with E-state index in [9.17, 15) is 9.59 Å². The fraction of sp³-hybridized carbons (Fsp3) is 0.652. The molecule has 0 radical (unpaired) electrons. The molecule has 5 nitrogen and oxygen atoms in total. The Kier molecular flexibility index (Phi) is 6.00. The van der Waals surface area contributed by atoms with Crippen LogP contribution in [0.1, 0.15) is 63.4 Å². The van der Waals surface area contributed by atoms with Crippen LogP contribution in [-0.2, 0) is 11.2 Å². The SMILES string of the molecule is O=C1NC2(CCCCCCC2)C(=O)N1CN1CCC(Cc2ccccc2)CC1. The highest BCUT2D eigenvalue weighted by Crippen LogP contribution is 2.32. The van der Waals surface area contributed by atoms with Crippen molar-refractivity contribution < 1.29 is 9.59 Å². The fourth-order valence-corrected chi connectivity index (χ4v) is 5.13. The number of urea groups is 1. The minimum absolute atomic E-state index is 0.0193. The highest BCUT2D eigenvalue weighted by Gasteiger charge is 2.50. The van der Waals surface area contributed by atoms with Crippen LogP contribution in [0.3, 0.4) is 0 Å². The van der Waals surface area contributed by atoms with Crippen LogP contribution in [0.5, 0.6) is 0 Å². The summed E-state index contributed by atoms with van der Waals surface area (Å²) in [6.45, 7) is 2.37. The van der Waals surface area contributed by atoms with Crippen LogP contribution in [0.25, 0.3) is 0 Å². The second-order valence-electron chi connectivity index (χ2n) is 8.91. The van der Waals surface area contributed by atoms with Crippen LogP contribution < -0.4 is 5.32 Å². The van der Waals surface area contributed by atoms with E-state index < -0.39 is 5.54 Å². The third-order valence-corrected chi connectivity index (χ3v) is 6.87. The summed E-state index contributed by atoms with van der Waals surface area (Å²) in [5.41, 5.74) is 0.782. The molecule has 3 amide bonds. The molecule has 28 heavy (non-hydrogen) atoms. The molecule has 0 atom stereocenters. The van der Waals surface area contributed by atoms with Gasteiger partial charge in [0.2, 0.25) is 0 Å². The Morgan fingerprint density at radius 3 is 2.25 bits per heavy atom. The number of nitrogens with one attached hydrogen (secondary N) is 1. The number of hydrogen-bond acceptors (Lipinski definition) is 3. The maximum Gasteiger partial charge on any atom is 0.326 e. The lowest BCUT2D eigenvalue weighted by Crippen LogP contribution is -2.49. The van der Waals surface area contributed by atoms with Gasteiger partial charge in [0, 0.05) is 13.1 Å². The molecule has 2 aliphatic heterocycles. The van der Waals surface area contributed by atoms with Crippen molar-refractivity contribution in [3.05, 3.63) is 35.9 Å². The summed E-state index contributed by atoms with van der Waals surface area (Å²) in [7, 11) is 0. The van der Waals surface area contributed by atoms with Gasteiger partial charge in [-0.3, -0.25) is 9.69 Å². The van der Waals surface area contributed by atoms with Crippen molar-refractivity contribution in [2.24, 2.45) is 5.92 Å².